The minimum atomic E-state index is -0.875. The van der Waals surface area contributed by atoms with E-state index in [2.05, 4.69) is 26.1 Å². The smallest absolute Gasteiger partial charge is 0.335 e. The lowest BCUT2D eigenvalue weighted by Crippen LogP contribution is -2.27. The summed E-state index contributed by atoms with van der Waals surface area (Å²) in [6.07, 6.45) is 2.38. The minimum Gasteiger partial charge on any atom is -0.478 e. The van der Waals surface area contributed by atoms with Crippen molar-refractivity contribution in [2.45, 2.75) is 46.2 Å². The van der Waals surface area contributed by atoms with Gasteiger partial charge < -0.3 is 10.4 Å². The first kappa shape index (κ1) is 14.7. The monoisotopic (exact) mass is 249 g/mol. The average molecular weight is 249 g/mol. The molecule has 2 atom stereocenters. The average Bonchev–Trinajstić information content (AvgIpc) is 2.36. The van der Waals surface area contributed by atoms with E-state index >= 15 is 0 Å². The quantitative estimate of drug-likeness (QED) is 0.779. The van der Waals surface area contributed by atoms with Crippen molar-refractivity contribution in [2.24, 2.45) is 5.92 Å². The molecule has 0 bridgehead atoms. The topological polar surface area (TPSA) is 49.3 Å². The fourth-order valence-electron chi connectivity index (χ4n) is 1.91. The normalized spacial score (nSPS) is 14.2. The number of carboxylic acids is 1. The lowest BCUT2D eigenvalue weighted by molar-refractivity contribution is 0.0697. The van der Waals surface area contributed by atoms with E-state index in [4.69, 9.17) is 5.11 Å². The second-order valence-corrected chi connectivity index (χ2v) is 5.03. The van der Waals surface area contributed by atoms with Gasteiger partial charge in [-0.15, -0.1) is 0 Å². The molecule has 0 fully saturated rings. The lowest BCUT2D eigenvalue weighted by atomic mass is 10.0. The molecule has 100 valence electrons. The van der Waals surface area contributed by atoms with Crippen LogP contribution in [0.3, 0.4) is 0 Å². The van der Waals surface area contributed by atoms with Crippen molar-refractivity contribution < 1.29 is 9.90 Å². The SMILES string of the molecule is CCC(C)CC(C)NCc1ccc(C(=O)O)cc1. The molecule has 2 N–H and O–H groups in total. The first-order valence-electron chi connectivity index (χ1n) is 6.58. The van der Waals surface area contributed by atoms with Crippen molar-refractivity contribution in [3.63, 3.8) is 0 Å². The molecule has 0 radical (unpaired) electrons. The van der Waals surface area contributed by atoms with Crippen molar-refractivity contribution in [2.75, 3.05) is 0 Å². The van der Waals surface area contributed by atoms with E-state index in [0.717, 1.165) is 18.0 Å². The molecule has 3 nitrogen and oxygen atoms in total. The molecule has 0 saturated carbocycles. The molecule has 1 aromatic carbocycles. The van der Waals surface area contributed by atoms with E-state index in [0.29, 0.717) is 11.6 Å². The number of aromatic carboxylic acids is 1. The Kier molecular flexibility index (Phi) is 5.86. The predicted molar refractivity (Wildman–Crippen MR) is 73.8 cm³/mol. The van der Waals surface area contributed by atoms with Crippen LogP contribution in [0.25, 0.3) is 0 Å². The summed E-state index contributed by atoms with van der Waals surface area (Å²) < 4.78 is 0. The van der Waals surface area contributed by atoms with Gasteiger partial charge in [0.25, 0.3) is 0 Å². The van der Waals surface area contributed by atoms with Crippen LogP contribution in [0.15, 0.2) is 24.3 Å². The number of hydrogen-bond acceptors (Lipinski definition) is 2. The van der Waals surface area contributed by atoms with Gasteiger partial charge in [-0.25, -0.2) is 4.79 Å². The zero-order valence-corrected chi connectivity index (χ0v) is 11.4. The summed E-state index contributed by atoms with van der Waals surface area (Å²) in [4.78, 5) is 10.7. The van der Waals surface area contributed by atoms with Gasteiger partial charge in [0.05, 0.1) is 5.56 Å². The second kappa shape index (κ2) is 7.17. The first-order valence-corrected chi connectivity index (χ1v) is 6.58. The molecule has 0 amide bonds. The molecular weight excluding hydrogens is 226 g/mol. The zero-order chi connectivity index (χ0) is 13.5. The molecule has 0 saturated heterocycles. The van der Waals surface area contributed by atoms with Crippen LogP contribution in [-0.4, -0.2) is 17.1 Å². The molecule has 0 aliphatic carbocycles. The number of benzene rings is 1. The Balaban J connectivity index is 2.41. The Morgan fingerprint density at radius 1 is 1.28 bits per heavy atom. The molecule has 18 heavy (non-hydrogen) atoms. The lowest BCUT2D eigenvalue weighted by Gasteiger charge is -2.17. The predicted octanol–water partition coefficient (Wildman–Crippen LogP) is 3.30. The van der Waals surface area contributed by atoms with Crippen molar-refractivity contribution in [1.29, 1.82) is 0 Å². The molecule has 0 aromatic heterocycles. The van der Waals surface area contributed by atoms with Gasteiger partial charge in [-0.1, -0.05) is 32.4 Å². The van der Waals surface area contributed by atoms with E-state index < -0.39 is 5.97 Å². The van der Waals surface area contributed by atoms with Crippen LogP contribution in [0.5, 0.6) is 0 Å². The molecule has 3 heteroatoms. The van der Waals surface area contributed by atoms with Gasteiger partial charge in [-0.05, 0) is 37.0 Å². The molecular formula is C15H23NO2. The highest BCUT2D eigenvalue weighted by Gasteiger charge is 2.07. The molecule has 0 aliphatic rings. The van der Waals surface area contributed by atoms with Gasteiger partial charge in [0, 0.05) is 12.6 Å². The summed E-state index contributed by atoms with van der Waals surface area (Å²) in [6.45, 7) is 7.46. The van der Waals surface area contributed by atoms with Gasteiger partial charge in [0.2, 0.25) is 0 Å². The van der Waals surface area contributed by atoms with E-state index in [9.17, 15) is 4.79 Å². The molecule has 2 unspecified atom stereocenters. The summed E-state index contributed by atoms with van der Waals surface area (Å²) in [6, 6.07) is 7.52. The Hall–Kier alpha value is -1.35. The van der Waals surface area contributed by atoms with Crippen molar-refractivity contribution in [1.82, 2.24) is 5.32 Å². The summed E-state index contributed by atoms with van der Waals surface area (Å²) in [5.41, 5.74) is 1.46. The number of hydrogen-bond donors (Lipinski definition) is 2. The highest BCUT2D eigenvalue weighted by atomic mass is 16.4. The van der Waals surface area contributed by atoms with E-state index in [1.54, 1.807) is 12.1 Å². The molecule has 0 heterocycles. The molecule has 0 spiro atoms. The van der Waals surface area contributed by atoms with Crippen LogP contribution < -0.4 is 5.32 Å². The highest BCUT2D eigenvalue weighted by molar-refractivity contribution is 5.87. The van der Waals surface area contributed by atoms with Gasteiger partial charge in [-0.3, -0.25) is 0 Å². The van der Waals surface area contributed by atoms with Crippen LogP contribution in [0, 0.1) is 5.92 Å². The highest BCUT2D eigenvalue weighted by Crippen LogP contribution is 2.10. The minimum absolute atomic E-state index is 0.339. The number of carbonyl (C=O) groups is 1. The number of rotatable bonds is 7. The Bertz CT molecular complexity index is 373. The van der Waals surface area contributed by atoms with Crippen LogP contribution in [0.4, 0.5) is 0 Å². The van der Waals surface area contributed by atoms with Gasteiger partial charge >= 0.3 is 5.97 Å². The summed E-state index contributed by atoms with van der Waals surface area (Å²) >= 11 is 0. The fraction of sp³-hybridized carbons (Fsp3) is 0.533. The van der Waals surface area contributed by atoms with E-state index in [1.165, 1.54) is 12.8 Å². The Morgan fingerprint density at radius 3 is 2.39 bits per heavy atom. The zero-order valence-electron chi connectivity index (χ0n) is 11.4. The maximum absolute atomic E-state index is 10.7. The van der Waals surface area contributed by atoms with Crippen LogP contribution in [-0.2, 0) is 6.54 Å². The first-order chi connectivity index (χ1) is 8.52. The third-order valence-corrected chi connectivity index (χ3v) is 3.31. The van der Waals surface area contributed by atoms with E-state index in [-0.39, 0.29) is 0 Å². The van der Waals surface area contributed by atoms with Crippen molar-refractivity contribution in [3.05, 3.63) is 35.4 Å². The third-order valence-electron chi connectivity index (χ3n) is 3.31. The summed E-state index contributed by atoms with van der Waals surface area (Å²) in [5.74, 6) is -0.137. The fourth-order valence-corrected chi connectivity index (χ4v) is 1.91. The van der Waals surface area contributed by atoms with Crippen molar-refractivity contribution in [3.8, 4) is 0 Å². The van der Waals surface area contributed by atoms with Crippen LogP contribution in [0.1, 0.15) is 49.5 Å². The number of nitrogens with one attached hydrogen (secondary N) is 1. The Morgan fingerprint density at radius 2 is 1.89 bits per heavy atom. The molecule has 0 aliphatic heterocycles. The second-order valence-electron chi connectivity index (χ2n) is 5.03. The standard InChI is InChI=1S/C15H23NO2/c1-4-11(2)9-12(3)16-10-13-5-7-14(8-6-13)15(17)18/h5-8,11-12,16H,4,9-10H2,1-3H3,(H,17,18). The molecule has 1 aromatic rings. The summed E-state index contributed by atoms with van der Waals surface area (Å²) in [5, 5.41) is 12.3. The van der Waals surface area contributed by atoms with Gasteiger partial charge in [0.15, 0.2) is 0 Å². The van der Waals surface area contributed by atoms with Gasteiger partial charge in [0.1, 0.15) is 0 Å². The number of carboxylic acid groups (broad SMARTS) is 1. The summed E-state index contributed by atoms with van der Waals surface area (Å²) in [7, 11) is 0. The largest absolute Gasteiger partial charge is 0.478 e. The molecule has 1 rings (SSSR count). The van der Waals surface area contributed by atoms with Crippen LogP contribution in [0.2, 0.25) is 0 Å². The Labute approximate surface area is 109 Å². The van der Waals surface area contributed by atoms with E-state index in [1.807, 2.05) is 12.1 Å². The van der Waals surface area contributed by atoms with Gasteiger partial charge in [-0.2, -0.15) is 0 Å². The third kappa shape index (κ3) is 4.88. The maximum Gasteiger partial charge on any atom is 0.335 e. The van der Waals surface area contributed by atoms with Crippen LogP contribution >= 0.6 is 0 Å². The maximum atomic E-state index is 10.7. The van der Waals surface area contributed by atoms with Crippen molar-refractivity contribution >= 4 is 5.97 Å².